The number of nitrogens with one attached hydrogen (secondary N) is 1. The molecule has 0 aromatic heterocycles. The molecule has 0 bridgehead atoms. The first-order valence-electron chi connectivity index (χ1n) is 9.01. The van der Waals surface area contributed by atoms with E-state index in [1.165, 1.54) is 24.3 Å². The molecule has 2 aromatic rings. The van der Waals surface area contributed by atoms with Gasteiger partial charge in [0.25, 0.3) is 11.6 Å². The Morgan fingerprint density at radius 1 is 1.00 bits per heavy atom. The summed E-state index contributed by atoms with van der Waals surface area (Å²) in [5.41, 5.74) is 0.873. The van der Waals surface area contributed by atoms with Crippen molar-refractivity contribution in [3.63, 3.8) is 0 Å². The van der Waals surface area contributed by atoms with E-state index in [9.17, 15) is 19.7 Å². The lowest BCUT2D eigenvalue weighted by Crippen LogP contribution is -2.30. The number of carbonyl (C=O) groups excluding carboxylic acids is 2. The van der Waals surface area contributed by atoms with Gasteiger partial charge in [0.15, 0.2) is 11.5 Å². The van der Waals surface area contributed by atoms with Crippen LogP contribution >= 0.6 is 0 Å². The van der Waals surface area contributed by atoms with Gasteiger partial charge in [-0.1, -0.05) is 0 Å². The van der Waals surface area contributed by atoms with Crippen molar-refractivity contribution >= 4 is 17.6 Å². The monoisotopic (exact) mass is 402 g/mol. The lowest BCUT2D eigenvalue weighted by molar-refractivity contribution is -0.384. The Morgan fingerprint density at radius 2 is 1.66 bits per heavy atom. The summed E-state index contributed by atoms with van der Waals surface area (Å²) in [6, 6.07) is 10.4. The fourth-order valence-corrected chi connectivity index (χ4v) is 2.38. The van der Waals surface area contributed by atoms with Crippen LogP contribution in [0.15, 0.2) is 42.5 Å². The van der Waals surface area contributed by atoms with Gasteiger partial charge >= 0.3 is 5.97 Å². The SMILES string of the molecule is CCOc1ccc(C(=O)NCC(=O)OCc2ccc([N+](=O)[O-])cc2)cc1OCC. The molecule has 0 aliphatic rings. The predicted molar refractivity (Wildman–Crippen MR) is 104 cm³/mol. The van der Waals surface area contributed by atoms with Gasteiger partial charge in [0.05, 0.1) is 18.1 Å². The van der Waals surface area contributed by atoms with E-state index in [1.807, 2.05) is 13.8 Å². The third-order valence-corrected chi connectivity index (χ3v) is 3.75. The molecule has 0 spiro atoms. The first-order valence-corrected chi connectivity index (χ1v) is 9.01. The van der Waals surface area contributed by atoms with Crippen LogP contribution < -0.4 is 14.8 Å². The molecule has 1 N–H and O–H groups in total. The van der Waals surface area contributed by atoms with E-state index >= 15 is 0 Å². The summed E-state index contributed by atoms with van der Waals surface area (Å²) in [6.07, 6.45) is 0. The molecule has 0 saturated heterocycles. The zero-order valence-electron chi connectivity index (χ0n) is 16.2. The highest BCUT2D eigenvalue weighted by Gasteiger charge is 2.13. The minimum absolute atomic E-state index is 0.0471. The normalized spacial score (nSPS) is 10.1. The second-order valence-electron chi connectivity index (χ2n) is 5.79. The summed E-state index contributed by atoms with van der Waals surface area (Å²) >= 11 is 0. The van der Waals surface area contributed by atoms with Crippen LogP contribution in [-0.4, -0.2) is 36.6 Å². The minimum atomic E-state index is -0.632. The van der Waals surface area contributed by atoms with Crippen LogP contribution in [0, 0.1) is 10.1 Å². The van der Waals surface area contributed by atoms with Gasteiger partial charge in [0, 0.05) is 17.7 Å². The van der Waals surface area contributed by atoms with Gasteiger partial charge in [-0.25, -0.2) is 0 Å². The summed E-state index contributed by atoms with van der Waals surface area (Å²) in [6.45, 7) is 4.18. The number of hydrogen-bond donors (Lipinski definition) is 1. The molecule has 0 aliphatic carbocycles. The number of benzene rings is 2. The average molecular weight is 402 g/mol. The van der Waals surface area contributed by atoms with Crippen molar-refractivity contribution in [3.05, 3.63) is 63.7 Å². The maximum Gasteiger partial charge on any atom is 0.325 e. The zero-order valence-corrected chi connectivity index (χ0v) is 16.2. The number of nitrogens with zero attached hydrogens (tertiary/aromatic N) is 1. The second-order valence-corrected chi connectivity index (χ2v) is 5.79. The predicted octanol–water partition coefficient (Wildman–Crippen LogP) is 2.87. The first-order chi connectivity index (χ1) is 13.9. The summed E-state index contributed by atoms with van der Waals surface area (Å²) in [4.78, 5) is 34.2. The summed E-state index contributed by atoms with van der Waals surface area (Å²) in [7, 11) is 0. The zero-order chi connectivity index (χ0) is 21.2. The minimum Gasteiger partial charge on any atom is -0.490 e. The third kappa shape index (κ3) is 6.49. The second kappa shape index (κ2) is 10.6. The maximum atomic E-state index is 12.3. The third-order valence-electron chi connectivity index (χ3n) is 3.75. The van der Waals surface area contributed by atoms with Crippen molar-refractivity contribution in [1.29, 1.82) is 0 Å². The first kappa shape index (κ1) is 21.7. The lowest BCUT2D eigenvalue weighted by atomic mass is 10.2. The van der Waals surface area contributed by atoms with Crippen molar-refractivity contribution in [3.8, 4) is 11.5 Å². The number of rotatable bonds is 10. The van der Waals surface area contributed by atoms with E-state index in [-0.39, 0.29) is 18.8 Å². The quantitative estimate of drug-likeness (QED) is 0.369. The number of nitro groups is 1. The van der Waals surface area contributed by atoms with E-state index in [0.29, 0.717) is 35.8 Å². The van der Waals surface area contributed by atoms with E-state index in [1.54, 1.807) is 18.2 Å². The van der Waals surface area contributed by atoms with E-state index < -0.39 is 16.8 Å². The fraction of sp³-hybridized carbons (Fsp3) is 0.300. The summed E-state index contributed by atoms with van der Waals surface area (Å²) < 4.78 is 16.0. The van der Waals surface area contributed by atoms with Crippen molar-refractivity contribution < 1.29 is 28.7 Å². The summed E-state index contributed by atoms with van der Waals surface area (Å²) in [5, 5.41) is 13.1. The Morgan fingerprint density at radius 3 is 2.28 bits per heavy atom. The number of non-ortho nitro benzene ring substituents is 1. The Kier molecular flexibility index (Phi) is 7.96. The van der Waals surface area contributed by atoms with Gasteiger partial charge in [-0.2, -0.15) is 0 Å². The van der Waals surface area contributed by atoms with Crippen LogP contribution in [-0.2, 0) is 16.1 Å². The van der Waals surface area contributed by atoms with Crippen LogP contribution in [0.4, 0.5) is 5.69 Å². The van der Waals surface area contributed by atoms with Gasteiger partial charge in [0.1, 0.15) is 13.2 Å². The van der Waals surface area contributed by atoms with E-state index in [2.05, 4.69) is 5.32 Å². The number of amides is 1. The molecule has 2 rings (SSSR count). The van der Waals surface area contributed by atoms with Gasteiger partial charge in [0.2, 0.25) is 0 Å². The number of nitro benzene ring substituents is 1. The topological polar surface area (TPSA) is 117 Å². The Bertz CT molecular complexity index is 866. The Balaban J connectivity index is 1.87. The standard InChI is InChI=1S/C20H22N2O7/c1-3-27-17-10-7-15(11-18(17)28-4-2)20(24)21-12-19(23)29-13-14-5-8-16(9-6-14)22(25)26/h5-11H,3-4,12-13H2,1-2H3,(H,21,24). The molecule has 0 atom stereocenters. The molecule has 0 radical (unpaired) electrons. The van der Waals surface area contributed by atoms with Crippen molar-refractivity contribution in [2.24, 2.45) is 0 Å². The number of esters is 1. The largest absolute Gasteiger partial charge is 0.490 e. The number of carbonyl (C=O) groups is 2. The van der Waals surface area contributed by atoms with Crippen LogP contribution in [0.3, 0.4) is 0 Å². The summed E-state index contributed by atoms with van der Waals surface area (Å²) in [5.74, 6) is -0.106. The lowest BCUT2D eigenvalue weighted by Gasteiger charge is -2.12. The molecule has 0 saturated carbocycles. The van der Waals surface area contributed by atoms with Gasteiger partial charge in [-0.05, 0) is 49.7 Å². The smallest absolute Gasteiger partial charge is 0.325 e. The molecule has 9 nitrogen and oxygen atoms in total. The molecule has 29 heavy (non-hydrogen) atoms. The molecular weight excluding hydrogens is 380 g/mol. The molecule has 154 valence electrons. The van der Waals surface area contributed by atoms with Gasteiger partial charge < -0.3 is 19.5 Å². The molecular formula is C20H22N2O7. The van der Waals surface area contributed by atoms with Gasteiger partial charge in [-0.3, -0.25) is 19.7 Å². The van der Waals surface area contributed by atoms with Crippen molar-refractivity contribution in [2.45, 2.75) is 20.5 Å². The van der Waals surface area contributed by atoms with Gasteiger partial charge in [-0.15, -0.1) is 0 Å². The highest BCUT2D eigenvalue weighted by atomic mass is 16.6. The molecule has 0 heterocycles. The number of hydrogen-bond acceptors (Lipinski definition) is 7. The molecule has 1 amide bonds. The fourth-order valence-electron chi connectivity index (χ4n) is 2.38. The molecule has 2 aromatic carbocycles. The van der Waals surface area contributed by atoms with Crippen LogP contribution in [0.25, 0.3) is 0 Å². The highest BCUT2D eigenvalue weighted by Crippen LogP contribution is 2.28. The van der Waals surface area contributed by atoms with Crippen LogP contribution in [0.5, 0.6) is 11.5 Å². The van der Waals surface area contributed by atoms with E-state index in [0.717, 1.165) is 0 Å². The van der Waals surface area contributed by atoms with Crippen LogP contribution in [0.2, 0.25) is 0 Å². The van der Waals surface area contributed by atoms with Crippen LogP contribution in [0.1, 0.15) is 29.8 Å². The molecule has 0 unspecified atom stereocenters. The van der Waals surface area contributed by atoms with Crippen molar-refractivity contribution in [2.75, 3.05) is 19.8 Å². The maximum absolute atomic E-state index is 12.3. The molecule has 0 aliphatic heterocycles. The Labute approximate surface area is 167 Å². The van der Waals surface area contributed by atoms with Crippen molar-refractivity contribution in [1.82, 2.24) is 5.32 Å². The molecule has 9 heteroatoms. The number of ether oxygens (including phenoxy) is 3. The molecule has 0 fully saturated rings. The van der Waals surface area contributed by atoms with E-state index in [4.69, 9.17) is 14.2 Å². The Hall–Kier alpha value is -3.62. The highest BCUT2D eigenvalue weighted by molar-refractivity contribution is 5.96. The average Bonchev–Trinajstić information content (AvgIpc) is 2.72.